The first kappa shape index (κ1) is 19.3. The van der Waals surface area contributed by atoms with E-state index in [4.69, 9.17) is 23.7 Å². The van der Waals surface area contributed by atoms with Crippen LogP contribution >= 0.6 is 0 Å². The summed E-state index contributed by atoms with van der Waals surface area (Å²) in [5.41, 5.74) is 0.135. The Morgan fingerprint density at radius 2 is 1.88 bits per heavy atom. The molecule has 2 fully saturated rings. The highest BCUT2D eigenvalue weighted by Gasteiger charge is 2.52. The van der Waals surface area contributed by atoms with E-state index in [1.165, 1.54) is 7.11 Å². The number of hydrogen-bond donors (Lipinski definition) is 1. The van der Waals surface area contributed by atoms with Gasteiger partial charge in [0.15, 0.2) is 18.7 Å². The van der Waals surface area contributed by atoms with E-state index in [0.29, 0.717) is 0 Å². The van der Waals surface area contributed by atoms with E-state index < -0.39 is 48.4 Å². The molecule has 1 N–H and O–H groups in total. The van der Waals surface area contributed by atoms with Crippen molar-refractivity contribution < 1.29 is 33.6 Å². The molecule has 26 heavy (non-hydrogen) atoms. The summed E-state index contributed by atoms with van der Waals surface area (Å²) in [5.74, 6) is -0.427. The lowest BCUT2D eigenvalue weighted by Gasteiger charge is -2.47. The third-order valence-corrected chi connectivity index (χ3v) is 4.47. The van der Waals surface area contributed by atoms with Gasteiger partial charge in [-0.15, -0.1) is 0 Å². The first-order valence-corrected chi connectivity index (χ1v) is 8.70. The number of carbonyl (C=O) groups excluding carboxylic acids is 1. The maximum Gasteiger partial charge on any atom is 0.311 e. The Morgan fingerprint density at radius 3 is 2.50 bits per heavy atom. The van der Waals surface area contributed by atoms with Gasteiger partial charge < -0.3 is 28.8 Å². The molecule has 0 spiro atoms. The van der Waals surface area contributed by atoms with Crippen LogP contribution in [0, 0.1) is 5.41 Å². The van der Waals surface area contributed by atoms with Crippen LogP contribution in [0.1, 0.15) is 32.6 Å². The van der Waals surface area contributed by atoms with E-state index >= 15 is 0 Å². The summed E-state index contributed by atoms with van der Waals surface area (Å²) in [6.45, 7) is 5.50. The van der Waals surface area contributed by atoms with Crippen molar-refractivity contribution in [2.75, 3.05) is 13.7 Å². The summed E-state index contributed by atoms with van der Waals surface area (Å²) in [5, 5.41) is 10.6. The molecule has 6 atom stereocenters. The van der Waals surface area contributed by atoms with Gasteiger partial charge in [0.25, 0.3) is 0 Å². The van der Waals surface area contributed by atoms with Crippen LogP contribution in [0.3, 0.4) is 0 Å². The third kappa shape index (κ3) is 3.92. The molecule has 144 valence electrons. The molecule has 2 saturated heterocycles. The largest absolute Gasteiger partial charge is 0.456 e. The van der Waals surface area contributed by atoms with Crippen LogP contribution in [0.2, 0.25) is 0 Å². The lowest BCUT2D eigenvalue weighted by atomic mass is 9.94. The number of aliphatic hydroxyl groups is 1. The van der Waals surface area contributed by atoms with Gasteiger partial charge in [-0.05, 0) is 20.8 Å². The van der Waals surface area contributed by atoms with Gasteiger partial charge in [0.2, 0.25) is 0 Å². The molecule has 3 rings (SSSR count). The van der Waals surface area contributed by atoms with Crippen LogP contribution in [0.15, 0.2) is 30.3 Å². The van der Waals surface area contributed by atoms with Crippen molar-refractivity contribution in [2.24, 2.45) is 5.41 Å². The van der Waals surface area contributed by atoms with Crippen LogP contribution in [0.25, 0.3) is 0 Å². The van der Waals surface area contributed by atoms with E-state index in [1.54, 1.807) is 20.8 Å². The second kappa shape index (κ2) is 7.62. The first-order chi connectivity index (χ1) is 12.3. The molecule has 7 nitrogen and oxygen atoms in total. The maximum absolute atomic E-state index is 12.4. The van der Waals surface area contributed by atoms with E-state index in [-0.39, 0.29) is 6.61 Å². The minimum absolute atomic E-state index is 0.236. The number of esters is 1. The molecule has 0 saturated carbocycles. The standard InChI is InChI=1S/C19H26O7/c1-19(2,3)18(21)26-15-13(20)17(22-4)24-12-10-23-16(25-14(12)15)11-8-6-5-7-9-11/h5-9,12-17,20H,10H2,1-4H3/t12-,13+,14-,15-,16-,17+/m1/s1. The molecule has 0 unspecified atom stereocenters. The van der Waals surface area contributed by atoms with E-state index in [2.05, 4.69) is 0 Å². The minimum Gasteiger partial charge on any atom is -0.456 e. The molecule has 0 amide bonds. The van der Waals surface area contributed by atoms with Gasteiger partial charge in [0.05, 0.1) is 12.0 Å². The van der Waals surface area contributed by atoms with Crippen molar-refractivity contribution in [3.63, 3.8) is 0 Å². The summed E-state index contributed by atoms with van der Waals surface area (Å²) in [4.78, 5) is 12.4. The van der Waals surface area contributed by atoms with Gasteiger partial charge in [0, 0.05) is 12.7 Å². The van der Waals surface area contributed by atoms with E-state index in [0.717, 1.165) is 5.56 Å². The molecule has 0 radical (unpaired) electrons. The summed E-state index contributed by atoms with van der Waals surface area (Å²) in [6, 6.07) is 9.45. The highest BCUT2D eigenvalue weighted by Crippen LogP contribution is 2.36. The Bertz CT molecular complexity index is 612. The van der Waals surface area contributed by atoms with Crippen molar-refractivity contribution in [3.8, 4) is 0 Å². The number of fused-ring (bicyclic) bond motifs is 1. The molecular formula is C19H26O7. The lowest BCUT2D eigenvalue weighted by molar-refractivity contribution is -0.359. The zero-order valence-corrected chi connectivity index (χ0v) is 15.5. The average Bonchev–Trinajstić information content (AvgIpc) is 2.63. The Morgan fingerprint density at radius 1 is 1.19 bits per heavy atom. The quantitative estimate of drug-likeness (QED) is 0.817. The third-order valence-electron chi connectivity index (χ3n) is 4.47. The smallest absolute Gasteiger partial charge is 0.311 e. The Hall–Kier alpha value is -1.51. The number of methoxy groups -OCH3 is 1. The fourth-order valence-corrected chi connectivity index (χ4v) is 2.97. The highest BCUT2D eigenvalue weighted by atomic mass is 16.8. The zero-order valence-electron chi connectivity index (χ0n) is 15.5. The van der Waals surface area contributed by atoms with Crippen molar-refractivity contribution in [1.82, 2.24) is 0 Å². The zero-order chi connectivity index (χ0) is 18.9. The second-order valence-corrected chi connectivity index (χ2v) is 7.57. The molecule has 0 aromatic heterocycles. The van der Waals surface area contributed by atoms with Gasteiger partial charge >= 0.3 is 5.97 Å². The van der Waals surface area contributed by atoms with Crippen LogP contribution in [0.4, 0.5) is 0 Å². The monoisotopic (exact) mass is 366 g/mol. The molecule has 2 aliphatic heterocycles. The van der Waals surface area contributed by atoms with Crippen molar-refractivity contribution >= 4 is 5.97 Å². The Labute approximate surface area is 153 Å². The fraction of sp³-hybridized carbons (Fsp3) is 0.632. The summed E-state index contributed by atoms with van der Waals surface area (Å²) < 4.78 is 28.3. The molecule has 7 heteroatoms. The Kier molecular flexibility index (Phi) is 5.64. The van der Waals surface area contributed by atoms with Gasteiger partial charge in [-0.2, -0.15) is 0 Å². The number of aliphatic hydroxyl groups excluding tert-OH is 1. The lowest BCUT2D eigenvalue weighted by Crippen LogP contribution is -2.63. The topological polar surface area (TPSA) is 83.5 Å². The van der Waals surface area contributed by atoms with Crippen LogP contribution < -0.4 is 0 Å². The number of rotatable bonds is 3. The van der Waals surface area contributed by atoms with Crippen LogP contribution in [0.5, 0.6) is 0 Å². The molecule has 1 aromatic carbocycles. The van der Waals surface area contributed by atoms with Crippen LogP contribution in [-0.2, 0) is 28.5 Å². The fourth-order valence-electron chi connectivity index (χ4n) is 2.97. The maximum atomic E-state index is 12.4. The first-order valence-electron chi connectivity index (χ1n) is 8.70. The molecule has 1 aromatic rings. The number of ether oxygens (including phenoxy) is 5. The van der Waals surface area contributed by atoms with Crippen molar-refractivity contribution in [1.29, 1.82) is 0 Å². The molecule has 0 bridgehead atoms. The molecule has 2 aliphatic rings. The summed E-state index contributed by atoms with van der Waals surface area (Å²) in [6.07, 6.45) is -4.80. The molecule has 0 aliphatic carbocycles. The SMILES string of the molecule is CO[C@H]1O[C@@H]2CO[C@@H](c3ccccc3)O[C@H]2[C@H](OC(=O)C(C)(C)C)[C@@H]1O. The predicted molar refractivity (Wildman–Crippen MR) is 91.0 cm³/mol. The molecular weight excluding hydrogens is 340 g/mol. The average molecular weight is 366 g/mol. The summed E-state index contributed by atoms with van der Waals surface area (Å²) in [7, 11) is 1.42. The Balaban J connectivity index is 1.82. The summed E-state index contributed by atoms with van der Waals surface area (Å²) >= 11 is 0. The van der Waals surface area contributed by atoms with Crippen molar-refractivity contribution in [2.45, 2.75) is 57.8 Å². The normalized spacial score (nSPS) is 34.8. The van der Waals surface area contributed by atoms with E-state index in [1.807, 2.05) is 30.3 Å². The van der Waals surface area contributed by atoms with Crippen LogP contribution in [-0.4, -0.2) is 55.5 Å². The van der Waals surface area contributed by atoms with Gasteiger partial charge in [-0.1, -0.05) is 30.3 Å². The predicted octanol–water partition coefficient (Wildman–Crippen LogP) is 1.79. The number of hydrogen-bond acceptors (Lipinski definition) is 7. The highest BCUT2D eigenvalue weighted by molar-refractivity contribution is 5.75. The molecule has 2 heterocycles. The minimum atomic E-state index is -1.16. The second-order valence-electron chi connectivity index (χ2n) is 7.57. The number of benzene rings is 1. The van der Waals surface area contributed by atoms with Gasteiger partial charge in [0.1, 0.15) is 18.3 Å². The number of carbonyl (C=O) groups is 1. The van der Waals surface area contributed by atoms with Gasteiger partial charge in [-0.25, -0.2) is 0 Å². The van der Waals surface area contributed by atoms with Crippen molar-refractivity contribution in [3.05, 3.63) is 35.9 Å². The van der Waals surface area contributed by atoms with E-state index in [9.17, 15) is 9.90 Å². The van der Waals surface area contributed by atoms with Gasteiger partial charge in [-0.3, -0.25) is 4.79 Å².